The van der Waals surface area contributed by atoms with E-state index in [0.717, 1.165) is 11.1 Å². The summed E-state index contributed by atoms with van der Waals surface area (Å²) in [5, 5.41) is 4.90. The number of halogens is 1. The van der Waals surface area contributed by atoms with Crippen molar-refractivity contribution in [3.05, 3.63) is 12.0 Å². The molecule has 0 aliphatic rings. The fourth-order valence-electron chi connectivity index (χ4n) is 1.11. The second kappa shape index (κ2) is 2.41. The Kier molecular flexibility index (Phi) is 1.50. The molecule has 62 valence electrons. The molecule has 2 N–H and O–H groups in total. The third kappa shape index (κ3) is 0.878. The number of anilines is 1. The molecule has 2 heterocycles. The SMILES string of the molecule is Cc1nn(Br)c2ncnc(N)c12. The van der Waals surface area contributed by atoms with Crippen molar-refractivity contribution in [3.63, 3.8) is 0 Å². The second-order valence-electron chi connectivity index (χ2n) is 2.40. The van der Waals surface area contributed by atoms with Gasteiger partial charge in [-0.15, -0.1) is 0 Å². The van der Waals surface area contributed by atoms with E-state index in [1.165, 1.54) is 10.0 Å². The van der Waals surface area contributed by atoms with Gasteiger partial charge in [0.1, 0.15) is 12.1 Å². The molecular weight excluding hydrogens is 222 g/mol. The van der Waals surface area contributed by atoms with Gasteiger partial charge in [0.25, 0.3) is 0 Å². The predicted octanol–water partition coefficient (Wildman–Crippen LogP) is 0.875. The molecule has 0 atom stereocenters. The van der Waals surface area contributed by atoms with Crippen molar-refractivity contribution in [2.75, 3.05) is 5.73 Å². The van der Waals surface area contributed by atoms with E-state index in [9.17, 15) is 0 Å². The van der Waals surface area contributed by atoms with Crippen molar-refractivity contribution in [1.82, 2.24) is 18.8 Å². The molecule has 0 saturated carbocycles. The van der Waals surface area contributed by atoms with Gasteiger partial charge < -0.3 is 5.73 Å². The normalized spacial score (nSPS) is 10.8. The monoisotopic (exact) mass is 227 g/mol. The van der Waals surface area contributed by atoms with Crippen molar-refractivity contribution in [2.45, 2.75) is 6.92 Å². The van der Waals surface area contributed by atoms with Crippen LogP contribution in [0.1, 0.15) is 5.69 Å². The smallest absolute Gasteiger partial charge is 0.175 e. The van der Waals surface area contributed by atoms with Gasteiger partial charge in [0.15, 0.2) is 5.65 Å². The maximum atomic E-state index is 5.65. The van der Waals surface area contributed by atoms with Crippen molar-refractivity contribution < 1.29 is 0 Å². The highest BCUT2D eigenvalue weighted by Crippen LogP contribution is 2.20. The number of nitrogen functional groups attached to an aromatic ring is 1. The van der Waals surface area contributed by atoms with E-state index < -0.39 is 0 Å². The number of nitrogens with zero attached hydrogens (tertiary/aromatic N) is 4. The van der Waals surface area contributed by atoms with Crippen molar-refractivity contribution >= 4 is 33.0 Å². The largest absolute Gasteiger partial charge is 0.383 e. The van der Waals surface area contributed by atoms with Gasteiger partial charge in [0.05, 0.1) is 27.2 Å². The topological polar surface area (TPSA) is 69.6 Å². The maximum Gasteiger partial charge on any atom is 0.175 e. The standard InChI is InChI=1S/C6H6BrN5/c1-3-4-5(8)9-2-10-6(4)12(7)11-3/h2H,1H3,(H2,8,9,10). The highest BCUT2D eigenvalue weighted by atomic mass is 79.9. The molecule has 6 heteroatoms. The van der Waals surface area contributed by atoms with Crippen LogP contribution in [0.3, 0.4) is 0 Å². The zero-order chi connectivity index (χ0) is 8.72. The third-order valence-electron chi connectivity index (χ3n) is 1.63. The van der Waals surface area contributed by atoms with Gasteiger partial charge in [-0.1, -0.05) is 0 Å². The fourth-order valence-corrected chi connectivity index (χ4v) is 1.61. The summed E-state index contributed by atoms with van der Waals surface area (Å²) in [6.07, 6.45) is 1.41. The van der Waals surface area contributed by atoms with Crippen LogP contribution in [0.15, 0.2) is 6.33 Å². The predicted molar refractivity (Wildman–Crippen MR) is 48.8 cm³/mol. The number of hydrogen-bond donors (Lipinski definition) is 1. The Hall–Kier alpha value is -1.17. The van der Waals surface area contributed by atoms with Gasteiger partial charge in [0, 0.05) is 0 Å². The molecule has 2 rings (SSSR count). The number of aromatic nitrogens is 4. The summed E-state index contributed by atoms with van der Waals surface area (Å²) in [4.78, 5) is 7.90. The molecule has 2 aromatic heterocycles. The first-order valence-corrected chi connectivity index (χ1v) is 4.03. The highest BCUT2D eigenvalue weighted by molar-refractivity contribution is 9.08. The molecule has 0 amide bonds. The van der Waals surface area contributed by atoms with Gasteiger partial charge in [-0.2, -0.15) is 8.81 Å². The molecule has 0 aliphatic heterocycles. The van der Waals surface area contributed by atoms with Gasteiger partial charge >= 0.3 is 0 Å². The first kappa shape index (κ1) is 7.48. The molecular formula is C6H6BrN5. The zero-order valence-electron chi connectivity index (χ0n) is 6.32. The summed E-state index contributed by atoms with van der Waals surface area (Å²) < 4.78 is 1.51. The van der Waals surface area contributed by atoms with Gasteiger partial charge in [-0.3, -0.25) is 0 Å². The lowest BCUT2D eigenvalue weighted by atomic mass is 10.3. The van der Waals surface area contributed by atoms with Crippen LogP contribution in [0.4, 0.5) is 5.82 Å². The molecule has 0 saturated heterocycles. The number of nitrogens with two attached hydrogens (primary N) is 1. The van der Waals surface area contributed by atoms with Crippen LogP contribution < -0.4 is 5.73 Å². The van der Waals surface area contributed by atoms with Gasteiger partial charge in [0.2, 0.25) is 0 Å². The van der Waals surface area contributed by atoms with Crippen LogP contribution in [0, 0.1) is 6.92 Å². The molecule has 0 spiro atoms. The van der Waals surface area contributed by atoms with Crippen LogP contribution in [0.25, 0.3) is 11.0 Å². The molecule has 0 radical (unpaired) electrons. The minimum absolute atomic E-state index is 0.461. The van der Waals surface area contributed by atoms with Crippen molar-refractivity contribution in [2.24, 2.45) is 0 Å². The van der Waals surface area contributed by atoms with E-state index in [1.807, 2.05) is 6.92 Å². The lowest BCUT2D eigenvalue weighted by Gasteiger charge is -1.92. The van der Waals surface area contributed by atoms with Crippen LogP contribution in [0.2, 0.25) is 0 Å². The molecule has 2 aromatic rings. The first-order chi connectivity index (χ1) is 5.70. The minimum Gasteiger partial charge on any atom is -0.383 e. The Balaban J connectivity index is 2.99. The summed E-state index contributed by atoms with van der Waals surface area (Å²) in [7, 11) is 0. The van der Waals surface area contributed by atoms with Crippen LogP contribution in [-0.2, 0) is 0 Å². The van der Waals surface area contributed by atoms with E-state index in [2.05, 4.69) is 31.2 Å². The van der Waals surface area contributed by atoms with E-state index in [1.54, 1.807) is 0 Å². The first-order valence-electron chi connectivity index (χ1n) is 3.32. The molecule has 12 heavy (non-hydrogen) atoms. The van der Waals surface area contributed by atoms with Crippen LogP contribution in [-0.4, -0.2) is 18.8 Å². The summed E-state index contributed by atoms with van der Waals surface area (Å²) in [5.74, 6) is 0.461. The fraction of sp³-hybridized carbons (Fsp3) is 0.167. The Bertz CT molecular complexity index is 435. The summed E-state index contributed by atoms with van der Waals surface area (Å²) in [6.45, 7) is 1.86. The van der Waals surface area contributed by atoms with E-state index >= 15 is 0 Å². The zero-order valence-corrected chi connectivity index (χ0v) is 7.91. The summed E-state index contributed by atoms with van der Waals surface area (Å²) in [6, 6.07) is 0. The van der Waals surface area contributed by atoms with Gasteiger partial charge in [-0.25, -0.2) is 9.97 Å². The molecule has 0 fully saturated rings. The quantitative estimate of drug-likeness (QED) is 0.726. The van der Waals surface area contributed by atoms with Crippen molar-refractivity contribution in [1.29, 1.82) is 0 Å². The van der Waals surface area contributed by atoms with Crippen LogP contribution in [0.5, 0.6) is 0 Å². The minimum atomic E-state index is 0.461. The summed E-state index contributed by atoms with van der Waals surface area (Å²) in [5.41, 5.74) is 7.16. The number of aryl methyl sites for hydroxylation is 1. The van der Waals surface area contributed by atoms with E-state index in [0.29, 0.717) is 11.5 Å². The molecule has 0 aliphatic carbocycles. The Morgan fingerprint density at radius 1 is 1.50 bits per heavy atom. The Morgan fingerprint density at radius 2 is 2.25 bits per heavy atom. The van der Waals surface area contributed by atoms with E-state index in [4.69, 9.17) is 5.73 Å². The average Bonchev–Trinajstić information content (AvgIpc) is 2.29. The molecule has 0 unspecified atom stereocenters. The molecule has 0 aromatic carbocycles. The summed E-state index contributed by atoms with van der Waals surface area (Å²) >= 11 is 3.21. The lowest BCUT2D eigenvalue weighted by molar-refractivity contribution is 1.01. The second-order valence-corrected chi connectivity index (χ2v) is 3.07. The lowest BCUT2D eigenvalue weighted by Crippen LogP contribution is -1.92. The van der Waals surface area contributed by atoms with Crippen molar-refractivity contribution in [3.8, 4) is 0 Å². The number of rotatable bonds is 0. The number of hydrogen-bond acceptors (Lipinski definition) is 4. The molecule has 0 bridgehead atoms. The maximum absolute atomic E-state index is 5.65. The molecule has 5 nitrogen and oxygen atoms in total. The van der Waals surface area contributed by atoms with Gasteiger partial charge in [-0.05, 0) is 6.92 Å². The van der Waals surface area contributed by atoms with E-state index in [-0.39, 0.29) is 0 Å². The average molecular weight is 228 g/mol. The van der Waals surface area contributed by atoms with Crippen LogP contribution >= 0.6 is 16.1 Å². The Morgan fingerprint density at radius 3 is 2.92 bits per heavy atom. The third-order valence-corrected chi connectivity index (χ3v) is 2.13. The highest BCUT2D eigenvalue weighted by Gasteiger charge is 2.09. The Labute approximate surface area is 76.9 Å². The number of fused-ring (bicyclic) bond motifs is 1.